The van der Waals surface area contributed by atoms with Crippen molar-refractivity contribution in [1.82, 2.24) is 10.6 Å². The third-order valence-corrected chi connectivity index (χ3v) is 4.06. The molecule has 2 fully saturated rings. The molecular formula is C12H20N2O4. The fourth-order valence-corrected chi connectivity index (χ4v) is 3.10. The number of carbonyl (C=O) groups is 2. The predicted octanol–water partition coefficient (Wildman–Crippen LogP) is 0.574. The minimum Gasteiger partial charge on any atom is -0.479 e. The highest BCUT2D eigenvalue weighted by Gasteiger charge is 2.40. The van der Waals surface area contributed by atoms with Crippen molar-refractivity contribution in [2.45, 2.75) is 37.8 Å². The molecule has 102 valence electrons. The lowest BCUT2D eigenvalue weighted by Crippen LogP contribution is -2.47. The van der Waals surface area contributed by atoms with Gasteiger partial charge in [-0.2, -0.15) is 0 Å². The molecule has 2 rings (SSSR count). The van der Waals surface area contributed by atoms with Crippen LogP contribution in [0.1, 0.15) is 25.7 Å². The number of urea groups is 1. The summed E-state index contributed by atoms with van der Waals surface area (Å²) in [5.74, 6) is 0.308. The molecule has 0 aromatic heterocycles. The lowest BCUT2D eigenvalue weighted by Gasteiger charge is -2.23. The van der Waals surface area contributed by atoms with Crippen molar-refractivity contribution in [3.63, 3.8) is 0 Å². The van der Waals surface area contributed by atoms with E-state index < -0.39 is 12.1 Å². The molecule has 2 bridgehead atoms. The van der Waals surface area contributed by atoms with Crippen LogP contribution in [0.5, 0.6) is 0 Å². The first-order chi connectivity index (χ1) is 8.60. The van der Waals surface area contributed by atoms with Gasteiger partial charge in [-0.3, -0.25) is 0 Å². The molecule has 2 aliphatic rings. The lowest BCUT2D eigenvalue weighted by atomic mass is 9.95. The number of carboxylic acids is 1. The highest BCUT2D eigenvalue weighted by Crippen LogP contribution is 2.44. The summed E-state index contributed by atoms with van der Waals surface area (Å²) in [7, 11) is 1.31. The number of fused-ring (bicyclic) bond motifs is 2. The van der Waals surface area contributed by atoms with Crippen LogP contribution < -0.4 is 10.6 Å². The molecule has 2 amide bonds. The maximum Gasteiger partial charge on any atom is 0.334 e. The number of hydrogen-bond acceptors (Lipinski definition) is 3. The van der Waals surface area contributed by atoms with E-state index in [1.165, 1.54) is 26.4 Å². The monoisotopic (exact) mass is 256 g/mol. The predicted molar refractivity (Wildman–Crippen MR) is 64.2 cm³/mol. The number of amides is 2. The molecule has 0 radical (unpaired) electrons. The molecule has 4 atom stereocenters. The van der Waals surface area contributed by atoms with Gasteiger partial charge in [-0.1, -0.05) is 6.42 Å². The van der Waals surface area contributed by atoms with Gasteiger partial charge in [0, 0.05) is 13.2 Å². The number of rotatable bonds is 5. The fraction of sp³-hybridized carbons (Fsp3) is 0.833. The molecule has 3 N–H and O–H groups in total. The first kappa shape index (κ1) is 13.1. The van der Waals surface area contributed by atoms with E-state index in [4.69, 9.17) is 9.84 Å². The fourth-order valence-electron chi connectivity index (χ4n) is 3.10. The average molecular weight is 256 g/mol. The topological polar surface area (TPSA) is 87.7 Å². The Kier molecular flexibility index (Phi) is 4.06. The van der Waals surface area contributed by atoms with E-state index in [0.717, 1.165) is 12.3 Å². The summed E-state index contributed by atoms with van der Waals surface area (Å²) in [5.41, 5.74) is 0. The summed E-state index contributed by atoms with van der Waals surface area (Å²) < 4.78 is 4.74. The van der Waals surface area contributed by atoms with E-state index in [1.807, 2.05) is 0 Å². The molecule has 0 spiro atoms. The zero-order valence-corrected chi connectivity index (χ0v) is 10.5. The summed E-state index contributed by atoms with van der Waals surface area (Å²) in [6.45, 7) is -0.0154. The number of hydrogen-bond donors (Lipinski definition) is 3. The second-order valence-corrected chi connectivity index (χ2v) is 5.20. The van der Waals surface area contributed by atoms with Gasteiger partial charge in [0.1, 0.15) is 0 Å². The van der Waals surface area contributed by atoms with Gasteiger partial charge in [-0.05, 0) is 31.1 Å². The molecular weight excluding hydrogens is 236 g/mol. The third-order valence-electron chi connectivity index (χ3n) is 4.06. The Hall–Kier alpha value is -1.30. The van der Waals surface area contributed by atoms with E-state index in [2.05, 4.69) is 10.6 Å². The van der Waals surface area contributed by atoms with E-state index >= 15 is 0 Å². The molecule has 0 saturated heterocycles. The van der Waals surface area contributed by atoms with Gasteiger partial charge in [0.15, 0.2) is 6.10 Å². The first-order valence-electron chi connectivity index (χ1n) is 6.40. The van der Waals surface area contributed by atoms with Gasteiger partial charge in [-0.15, -0.1) is 0 Å². The maximum absolute atomic E-state index is 11.6. The summed E-state index contributed by atoms with van der Waals surface area (Å²) in [4.78, 5) is 22.3. The van der Waals surface area contributed by atoms with Crippen LogP contribution in [-0.2, 0) is 9.53 Å². The average Bonchev–Trinajstić information content (AvgIpc) is 2.91. The normalized spacial score (nSPS) is 31.1. The Morgan fingerprint density at radius 2 is 2.17 bits per heavy atom. The Morgan fingerprint density at radius 3 is 2.67 bits per heavy atom. The van der Waals surface area contributed by atoms with Crippen LogP contribution in [-0.4, -0.2) is 42.9 Å². The van der Waals surface area contributed by atoms with Crippen molar-refractivity contribution in [2.24, 2.45) is 11.8 Å². The molecule has 0 aliphatic heterocycles. The number of methoxy groups -OCH3 is 1. The first-order valence-corrected chi connectivity index (χ1v) is 6.40. The Labute approximate surface area is 106 Å². The van der Waals surface area contributed by atoms with Gasteiger partial charge in [0.25, 0.3) is 0 Å². The maximum atomic E-state index is 11.6. The zero-order valence-electron chi connectivity index (χ0n) is 10.5. The molecule has 2 saturated carbocycles. The van der Waals surface area contributed by atoms with Crippen LogP contribution in [0, 0.1) is 11.8 Å². The van der Waals surface area contributed by atoms with Crippen LogP contribution in [0.4, 0.5) is 4.79 Å². The summed E-state index contributed by atoms with van der Waals surface area (Å²) in [6.07, 6.45) is 3.78. The molecule has 6 nitrogen and oxygen atoms in total. The van der Waals surface area contributed by atoms with Crippen molar-refractivity contribution >= 4 is 12.0 Å². The number of ether oxygens (including phenoxy) is 1. The van der Waals surface area contributed by atoms with Crippen LogP contribution in [0.3, 0.4) is 0 Å². The third kappa shape index (κ3) is 2.93. The smallest absolute Gasteiger partial charge is 0.334 e. The largest absolute Gasteiger partial charge is 0.479 e. The van der Waals surface area contributed by atoms with E-state index in [-0.39, 0.29) is 18.6 Å². The van der Waals surface area contributed by atoms with E-state index in [9.17, 15) is 9.59 Å². The number of nitrogens with one attached hydrogen (secondary N) is 2. The lowest BCUT2D eigenvalue weighted by molar-refractivity contribution is -0.147. The van der Waals surface area contributed by atoms with Crippen molar-refractivity contribution in [2.75, 3.05) is 13.7 Å². The van der Waals surface area contributed by atoms with Gasteiger partial charge >= 0.3 is 12.0 Å². The number of aliphatic carboxylic acids is 1. The molecule has 2 aliphatic carbocycles. The summed E-state index contributed by atoms with van der Waals surface area (Å²) >= 11 is 0. The van der Waals surface area contributed by atoms with E-state index in [0.29, 0.717) is 5.92 Å². The zero-order chi connectivity index (χ0) is 13.1. The Balaban J connectivity index is 1.71. The Bertz CT molecular complexity index is 334. The SMILES string of the molecule is COC(CNC(=O)NC1CC2CCC1C2)C(=O)O. The standard InChI is InChI=1S/C12H20N2O4/c1-18-10(11(15)16)6-13-12(17)14-9-5-7-2-3-8(9)4-7/h7-10H,2-6H2,1H3,(H,15,16)(H2,13,14,17). The van der Waals surface area contributed by atoms with Crippen molar-refractivity contribution in [3.05, 3.63) is 0 Å². The minimum absolute atomic E-state index is 0.0154. The van der Waals surface area contributed by atoms with Crippen LogP contribution in [0.2, 0.25) is 0 Å². The summed E-state index contributed by atoms with van der Waals surface area (Å²) in [6, 6.07) is -0.0366. The second-order valence-electron chi connectivity index (χ2n) is 5.20. The molecule has 0 heterocycles. The molecule has 4 unspecified atom stereocenters. The van der Waals surface area contributed by atoms with Crippen LogP contribution >= 0.6 is 0 Å². The molecule has 0 aromatic rings. The van der Waals surface area contributed by atoms with Gasteiger partial charge < -0.3 is 20.5 Å². The van der Waals surface area contributed by atoms with Crippen molar-refractivity contribution < 1.29 is 19.4 Å². The number of carbonyl (C=O) groups excluding carboxylic acids is 1. The van der Waals surface area contributed by atoms with Gasteiger partial charge in [-0.25, -0.2) is 9.59 Å². The highest BCUT2D eigenvalue weighted by molar-refractivity contribution is 5.77. The Morgan fingerprint density at radius 1 is 1.39 bits per heavy atom. The van der Waals surface area contributed by atoms with Gasteiger partial charge in [0.2, 0.25) is 0 Å². The molecule has 0 aromatic carbocycles. The quantitative estimate of drug-likeness (QED) is 0.671. The molecule has 6 heteroatoms. The van der Waals surface area contributed by atoms with Crippen molar-refractivity contribution in [1.29, 1.82) is 0 Å². The van der Waals surface area contributed by atoms with E-state index in [1.54, 1.807) is 0 Å². The van der Waals surface area contributed by atoms with Gasteiger partial charge in [0.05, 0.1) is 6.54 Å². The number of carboxylic acid groups (broad SMARTS) is 1. The highest BCUT2D eigenvalue weighted by atomic mass is 16.5. The molecule has 18 heavy (non-hydrogen) atoms. The van der Waals surface area contributed by atoms with Crippen LogP contribution in [0.25, 0.3) is 0 Å². The van der Waals surface area contributed by atoms with Crippen LogP contribution in [0.15, 0.2) is 0 Å². The van der Waals surface area contributed by atoms with Crippen molar-refractivity contribution in [3.8, 4) is 0 Å². The minimum atomic E-state index is -1.07. The summed E-state index contributed by atoms with van der Waals surface area (Å²) in [5, 5.41) is 14.2. The second kappa shape index (κ2) is 5.56.